The normalized spacial score (nSPS) is 12.2. The summed E-state index contributed by atoms with van der Waals surface area (Å²) in [5.41, 5.74) is 0. The van der Waals surface area contributed by atoms with Gasteiger partial charge in [0.15, 0.2) is 6.10 Å². The number of esters is 3. The third kappa shape index (κ3) is 47.3. The molecule has 0 aliphatic heterocycles. The van der Waals surface area contributed by atoms with Crippen LogP contribution >= 0.6 is 0 Å². The van der Waals surface area contributed by atoms with E-state index in [0.717, 1.165) is 75.5 Å². The van der Waals surface area contributed by atoms with E-state index in [1.54, 1.807) is 0 Å². The third-order valence-corrected chi connectivity index (χ3v) is 11.9. The van der Waals surface area contributed by atoms with Crippen molar-refractivity contribution in [1.29, 1.82) is 0 Å². The van der Waals surface area contributed by atoms with Crippen LogP contribution in [-0.2, 0) is 28.6 Å². The number of hydrogen-bond donors (Lipinski definition) is 0. The lowest BCUT2D eigenvalue weighted by Crippen LogP contribution is -2.30. The van der Waals surface area contributed by atoms with Crippen LogP contribution < -0.4 is 0 Å². The van der Waals surface area contributed by atoms with E-state index in [1.807, 2.05) is 0 Å². The molecule has 0 aromatic rings. The van der Waals surface area contributed by atoms with E-state index in [0.29, 0.717) is 19.3 Å². The van der Waals surface area contributed by atoms with Crippen LogP contribution in [0.4, 0.5) is 0 Å². The summed E-state index contributed by atoms with van der Waals surface area (Å²) in [7, 11) is 0. The fourth-order valence-electron chi connectivity index (χ4n) is 7.94. The van der Waals surface area contributed by atoms with Crippen molar-refractivity contribution in [3.8, 4) is 0 Å². The minimum atomic E-state index is -0.763. The van der Waals surface area contributed by atoms with Crippen LogP contribution in [0.1, 0.15) is 286 Å². The van der Waals surface area contributed by atoms with Gasteiger partial charge in [-0.2, -0.15) is 0 Å². The van der Waals surface area contributed by atoms with Crippen molar-refractivity contribution in [1.82, 2.24) is 0 Å². The second-order valence-electron chi connectivity index (χ2n) is 19.6. The number of rotatable bonds is 46. The average Bonchev–Trinajstić information content (AvgIpc) is 3.19. The summed E-state index contributed by atoms with van der Waals surface area (Å²) >= 11 is 0. The summed E-state index contributed by atoms with van der Waals surface area (Å²) in [6, 6.07) is 0. The van der Waals surface area contributed by atoms with Crippen molar-refractivity contribution < 1.29 is 28.6 Å². The average molecular weight is 835 g/mol. The SMILES string of the molecule is CC(C)CCCCCCCCCCCCCCC(=O)OC[C@@H](COC(=O)CCCCCCCCCCCCC(C)C)OC(=O)CCCCCCCCCCCCC(C)C. The summed E-state index contributed by atoms with van der Waals surface area (Å²) in [6.07, 6.45) is 43.7. The molecular weight excluding hydrogens is 733 g/mol. The van der Waals surface area contributed by atoms with E-state index < -0.39 is 6.10 Å². The Bertz CT molecular complexity index is 914. The van der Waals surface area contributed by atoms with Gasteiger partial charge in [0.25, 0.3) is 0 Å². The van der Waals surface area contributed by atoms with Crippen LogP contribution in [0.15, 0.2) is 0 Å². The van der Waals surface area contributed by atoms with Gasteiger partial charge in [-0.25, -0.2) is 0 Å². The first-order valence-corrected chi connectivity index (χ1v) is 26.1. The van der Waals surface area contributed by atoms with Crippen LogP contribution in [-0.4, -0.2) is 37.2 Å². The van der Waals surface area contributed by atoms with E-state index in [4.69, 9.17) is 14.2 Å². The fourth-order valence-corrected chi connectivity index (χ4v) is 7.94. The van der Waals surface area contributed by atoms with Gasteiger partial charge in [-0.15, -0.1) is 0 Å². The molecule has 0 spiro atoms. The highest BCUT2D eigenvalue weighted by molar-refractivity contribution is 5.71. The molecule has 0 aliphatic rings. The number of carbonyl (C=O) groups excluding carboxylic acids is 3. The van der Waals surface area contributed by atoms with Crippen molar-refractivity contribution in [2.75, 3.05) is 13.2 Å². The molecule has 0 unspecified atom stereocenters. The highest BCUT2D eigenvalue weighted by Gasteiger charge is 2.19. The highest BCUT2D eigenvalue weighted by atomic mass is 16.6. The Kier molecular flexibility index (Phi) is 43.3. The first-order valence-electron chi connectivity index (χ1n) is 26.1. The van der Waals surface area contributed by atoms with Crippen LogP contribution in [0.25, 0.3) is 0 Å². The molecular formula is C53H102O6. The third-order valence-electron chi connectivity index (χ3n) is 11.9. The molecule has 0 aliphatic carbocycles. The maximum absolute atomic E-state index is 12.8. The maximum atomic E-state index is 12.8. The Morgan fingerprint density at radius 1 is 0.288 bits per heavy atom. The Morgan fingerprint density at radius 2 is 0.492 bits per heavy atom. The minimum Gasteiger partial charge on any atom is -0.462 e. The lowest BCUT2D eigenvalue weighted by atomic mass is 10.0. The maximum Gasteiger partial charge on any atom is 0.306 e. The van der Waals surface area contributed by atoms with Gasteiger partial charge in [-0.05, 0) is 37.0 Å². The van der Waals surface area contributed by atoms with E-state index >= 15 is 0 Å². The second-order valence-corrected chi connectivity index (χ2v) is 19.6. The van der Waals surface area contributed by atoms with Crippen LogP contribution in [0.5, 0.6) is 0 Å². The lowest BCUT2D eigenvalue weighted by molar-refractivity contribution is -0.167. The van der Waals surface area contributed by atoms with E-state index in [9.17, 15) is 14.4 Å². The Labute approximate surface area is 368 Å². The number of carbonyl (C=O) groups is 3. The summed E-state index contributed by atoms with van der Waals surface area (Å²) in [5.74, 6) is 1.62. The zero-order valence-corrected chi connectivity index (χ0v) is 40.5. The molecule has 0 aromatic carbocycles. The quantitative estimate of drug-likeness (QED) is 0.0345. The molecule has 0 bridgehead atoms. The molecule has 0 amide bonds. The Balaban J connectivity index is 4.32. The van der Waals surface area contributed by atoms with Gasteiger partial charge >= 0.3 is 17.9 Å². The van der Waals surface area contributed by atoms with Gasteiger partial charge < -0.3 is 14.2 Å². The van der Waals surface area contributed by atoms with Crippen LogP contribution in [0.2, 0.25) is 0 Å². The molecule has 6 heteroatoms. The molecule has 0 radical (unpaired) electrons. The fraction of sp³-hybridized carbons (Fsp3) is 0.943. The molecule has 0 aromatic heterocycles. The van der Waals surface area contributed by atoms with Crippen molar-refractivity contribution in [2.24, 2.45) is 17.8 Å². The van der Waals surface area contributed by atoms with Gasteiger partial charge in [0, 0.05) is 19.3 Å². The molecule has 6 nitrogen and oxygen atoms in total. The van der Waals surface area contributed by atoms with Gasteiger partial charge in [0.05, 0.1) is 0 Å². The van der Waals surface area contributed by atoms with E-state index in [2.05, 4.69) is 41.5 Å². The highest BCUT2D eigenvalue weighted by Crippen LogP contribution is 2.18. The summed E-state index contributed by atoms with van der Waals surface area (Å²) in [4.78, 5) is 38.0. The molecule has 0 heterocycles. The van der Waals surface area contributed by atoms with Crippen molar-refractivity contribution in [3.05, 3.63) is 0 Å². The lowest BCUT2D eigenvalue weighted by Gasteiger charge is -2.18. The smallest absolute Gasteiger partial charge is 0.306 e. The molecule has 0 saturated carbocycles. The van der Waals surface area contributed by atoms with E-state index in [-0.39, 0.29) is 31.1 Å². The first kappa shape index (κ1) is 57.4. The largest absolute Gasteiger partial charge is 0.462 e. The van der Waals surface area contributed by atoms with Crippen molar-refractivity contribution >= 4 is 17.9 Å². The van der Waals surface area contributed by atoms with Gasteiger partial charge in [0.2, 0.25) is 0 Å². The number of hydrogen-bond acceptors (Lipinski definition) is 6. The van der Waals surface area contributed by atoms with Crippen LogP contribution in [0.3, 0.4) is 0 Å². The van der Waals surface area contributed by atoms with Crippen LogP contribution in [0, 0.1) is 17.8 Å². The van der Waals surface area contributed by atoms with Crippen molar-refractivity contribution in [2.45, 2.75) is 292 Å². The summed E-state index contributed by atoms with van der Waals surface area (Å²) < 4.78 is 16.8. The topological polar surface area (TPSA) is 78.9 Å². The molecule has 0 N–H and O–H groups in total. The predicted molar refractivity (Wildman–Crippen MR) is 252 cm³/mol. The first-order chi connectivity index (χ1) is 28.6. The second kappa shape index (κ2) is 44.5. The monoisotopic (exact) mass is 835 g/mol. The zero-order chi connectivity index (χ0) is 43.4. The molecule has 0 fully saturated rings. The molecule has 350 valence electrons. The van der Waals surface area contributed by atoms with E-state index in [1.165, 1.54) is 167 Å². The Morgan fingerprint density at radius 3 is 0.729 bits per heavy atom. The number of unbranched alkanes of at least 4 members (excludes halogenated alkanes) is 29. The number of ether oxygens (including phenoxy) is 3. The minimum absolute atomic E-state index is 0.0647. The van der Waals surface area contributed by atoms with Gasteiger partial charge in [-0.1, -0.05) is 247 Å². The predicted octanol–water partition coefficient (Wildman–Crippen LogP) is 16.8. The molecule has 0 rings (SSSR count). The standard InChI is InChI=1S/C53H102O6/c1-47(2)39-33-27-21-15-9-7-8-10-18-24-30-36-42-51(54)57-45-50(59-53(56)44-38-32-26-20-14-12-17-23-29-35-41-49(5)6)46-58-52(55)43-37-31-25-19-13-11-16-22-28-34-40-48(3)4/h47-50H,7-46H2,1-6H3/t50-/m0/s1. The summed E-state index contributed by atoms with van der Waals surface area (Å²) in [6.45, 7) is 13.7. The zero-order valence-electron chi connectivity index (χ0n) is 40.5. The van der Waals surface area contributed by atoms with Crippen molar-refractivity contribution in [3.63, 3.8) is 0 Å². The Hall–Kier alpha value is -1.59. The molecule has 1 atom stereocenters. The molecule has 0 saturated heterocycles. The summed E-state index contributed by atoms with van der Waals surface area (Å²) in [5, 5.41) is 0. The van der Waals surface area contributed by atoms with Gasteiger partial charge in [0.1, 0.15) is 13.2 Å². The van der Waals surface area contributed by atoms with Gasteiger partial charge in [-0.3, -0.25) is 14.4 Å². The molecule has 59 heavy (non-hydrogen) atoms.